The van der Waals surface area contributed by atoms with Crippen molar-refractivity contribution in [3.8, 4) is 0 Å². The molecule has 0 bridgehead atoms. The van der Waals surface area contributed by atoms with Crippen LogP contribution in [0.25, 0.3) is 0 Å². The minimum atomic E-state index is -0.136. The molecule has 2 aromatic rings. The SMILES string of the molecule is CSc1ccccc1NC(=O)C[C@H]1CSc2nccc(=O)n21. The summed E-state index contributed by atoms with van der Waals surface area (Å²) in [4.78, 5) is 29.4. The van der Waals surface area contributed by atoms with Gasteiger partial charge >= 0.3 is 0 Å². The molecule has 114 valence electrons. The van der Waals surface area contributed by atoms with Gasteiger partial charge in [-0.3, -0.25) is 14.2 Å². The quantitative estimate of drug-likeness (QED) is 0.688. The third-order valence-electron chi connectivity index (χ3n) is 3.42. The molecule has 3 rings (SSSR count). The molecule has 1 aliphatic heterocycles. The fourth-order valence-electron chi connectivity index (χ4n) is 2.40. The molecule has 1 aromatic heterocycles. The number of anilines is 1. The first-order chi connectivity index (χ1) is 10.7. The number of aromatic nitrogens is 2. The number of amides is 1. The van der Waals surface area contributed by atoms with Crippen LogP contribution in [0.1, 0.15) is 12.5 Å². The summed E-state index contributed by atoms with van der Waals surface area (Å²) < 4.78 is 1.62. The van der Waals surface area contributed by atoms with E-state index < -0.39 is 0 Å². The molecule has 0 aliphatic carbocycles. The van der Waals surface area contributed by atoms with Crippen LogP contribution in [0.4, 0.5) is 5.69 Å². The normalized spacial score (nSPS) is 16.3. The Kier molecular flexibility index (Phi) is 4.54. The average molecular weight is 333 g/mol. The second-order valence-corrected chi connectivity index (χ2v) is 6.69. The van der Waals surface area contributed by atoms with E-state index in [1.54, 1.807) is 16.3 Å². The molecule has 0 radical (unpaired) electrons. The molecule has 1 atom stereocenters. The standard InChI is InChI=1S/C15H15N3O2S2/c1-21-12-5-3-2-4-11(12)17-13(19)8-10-9-22-15-16-7-6-14(20)18(10)15/h2-7,10H,8-9H2,1H3,(H,17,19)/t10-/m0/s1. The van der Waals surface area contributed by atoms with Crippen molar-refractivity contribution in [1.29, 1.82) is 0 Å². The summed E-state index contributed by atoms with van der Waals surface area (Å²) in [5.41, 5.74) is 0.710. The van der Waals surface area contributed by atoms with Gasteiger partial charge in [-0.25, -0.2) is 4.98 Å². The van der Waals surface area contributed by atoms with Gasteiger partial charge in [-0.1, -0.05) is 23.9 Å². The minimum absolute atomic E-state index is 0.0873. The van der Waals surface area contributed by atoms with E-state index in [-0.39, 0.29) is 23.9 Å². The highest BCUT2D eigenvalue weighted by Crippen LogP contribution is 2.32. The third kappa shape index (κ3) is 3.05. The first-order valence-corrected chi connectivity index (χ1v) is 9.03. The first-order valence-electron chi connectivity index (χ1n) is 6.82. The molecule has 0 saturated heterocycles. The topological polar surface area (TPSA) is 64.0 Å². The van der Waals surface area contributed by atoms with Crippen LogP contribution in [0.15, 0.2) is 51.4 Å². The zero-order chi connectivity index (χ0) is 15.5. The number of benzene rings is 1. The lowest BCUT2D eigenvalue weighted by atomic mass is 10.2. The van der Waals surface area contributed by atoms with Crippen LogP contribution in [0.5, 0.6) is 0 Å². The number of carbonyl (C=O) groups is 1. The van der Waals surface area contributed by atoms with Gasteiger partial charge in [-0.05, 0) is 18.4 Å². The summed E-state index contributed by atoms with van der Waals surface area (Å²) >= 11 is 3.10. The van der Waals surface area contributed by atoms with E-state index in [1.165, 1.54) is 24.0 Å². The lowest BCUT2D eigenvalue weighted by Crippen LogP contribution is -2.26. The van der Waals surface area contributed by atoms with Crippen LogP contribution >= 0.6 is 23.5 Å². The maximum atomic E-state index is 12.3. The summed E-state index contributed by atoms with van der Waals surface area (Å²) in [6.07, 6.45) is 3.76. The number of carbonyl (C=O) groups excluding carboxylic acids is 1. The van der Waals surface area contributed by atoms with E-state index in [0.29, 0.717) is 10.9 Å². The zero-order valence-corrected chi connectivity index (χ0v) is 13.6. The van der Waals surface area contributed by atoms with Crippen LogP contribution in [-0.4, -0.2) is 27.5 Å². The number of hydrogen-bond acceptors (Lipinski definition) is 5. The van der Waals surface area contributed by atoms with Gasteiger partial charge in [0.2, 0.25) is 5.91 Å². The van der Waals surface area contributed by atoms with Crippen molar-refractivity contribution in [1.82, 2.24) is 9.55 Å². The minimum Gasteiger partial charge on any atom is -0.325 e. The number of hydrogen-bond donors (Lipinski definition) is 1. The number of para-hydroxylation sites is 1. The number of rotatable bonds is 4. The fraction of sp³-hybridized carbons (Fsp3) is 0.267. The van der Waals surface area contributed by atoms with Gasteiger partial charge in [0.1, 0.15) is 0 Å². The molecule has 0 saturated carbocycles. The molecule has 2 heterocycles. The summed E-state index contributed by atoms with van der Waals surface area (Å²) in [5, 5.41) is 3.62. The Morgan fingerprint density at radius 1 is 1.45 bits per heavy atom. The summed E-state index contributed by atoms with van der Waals surface area (Å²) in [6, 6.07) is 8.98. The van der Waals surface area contributed by atoms with E-state index in [2.05, 4.69) is 10.3 Å². The van der Waals surface area contributed by atoms with Gasteiger partial charge in [-0.15, -0.1) is 11.8 Å². The molecule has 1 N–H and O–H groups in total. The Morgan fingerprint density at radius 3 is 3.09 bits per heavy atom. The molecule has 0 spiro atoms. The maximum absolute atomic E-state index is 12.3. The predicted molar refractivity (Wildman–Crippen MR) is 89.7 cm³/mol. The van der Waals surface area contributed by atoms with Gasteiger partial charge in [-0.2, -0.15) is 0 Å². The molecular weight excluding hydrogens is 318 g/mol. The van der Waals surface area contributed by atoms with Crippen LogP contribution in [0, 0.1) is 0 Å². The molecule has 5 nitrogen and oxygen atoms in total. The largest absolute Gasteiger partial charge is 0.325 e. The van der Waals surface area contributed by atoms with Crippen LogP contribution in [0.2, 0.25) is 0 Å². The Morgan fingerprint density at radius 2 is 2.27 bits per heavy atom. The Labute approximate surface area is 136 Å². The van der Waals surface area contributed by atoms with E-state index >= 15 is 0 Å². The highest BCUT2D eigenvalue weighted by Gasteiger charge is 2.26. The van der Waals surface area contributed by atoms with Gasteiger partial charge in [0, 0.05) is 29.3 Å². The number of nitrogens with one attached hydrogen (secondary N) is 1. The highest BCUT2D eigenvalue weighted by molar-refractivity contribution is 7.99. The van der Waals surface area contributed by atoms with E-state index in [1.807, 2.05) is 30.5 Å². The van der Waals surface area contributed by atoms with Crippen molar-refractivity contribution in [3.63, 3.8) is 0 Å². The molecule has 22 heavy (non-hydrogen) atoms. The summed E-state index contributed by atoms with van der Waals surface area (Å²) in [6.45, 7) is 0. The first kappa shape index (κ1) is 15.2. The second kappa shape index (κ2) is 6.58. The molecule has 1 aromatic carbocycles. The molecule has 0 fully saturated rings. The Hall–Kier alpha value is -1.73. The second-order valence-electron chi connectivity index (χ2n) is 4.85. The van der Waals surface area contributed by atoms with Crippen LogP contribution in [-0.2, 0) is 4.79 Å². The summed E-state index contributed by atoms with van der Waals surface area (Å²) in [5.74, 6) is 0.611. The monoisotopic (exact) mass is 333 g/mol. The molecule has 0 unspecified atom stereocenters. The smallest absolute Gasteiger partial charge is 0.254 e. The van der Waals surface area contributed by atoms with Crippen LogP contribution < -0.4 is 10.9 Å². The number of fused-ring (bicyclic) bond motifs is 1. The van der Waals surface area contributed by atoms with E-state index in [0.717, 1.165) is 10.6 Å². The fourth-order valence-corrected chi connectivity index (χ4v) is 4.08. The van der Waals surface area contributed by atoms with Gasteiger partial charge in [0.25, 0.3) is 5.56 Å². The van der Waals surface area contributed by atoms with Crippen molar-refractivity contribution in [3.05, 3.63) is 46.9 Å². The van der Waals surface area contributed by atoms with Gasteiger partial charge in [0.15, 0.2) is 5.16 Å². The number of thioether (sulfide) groups is 2. The molecule has 7 heteroatoms. The predicted octanol–water partition coefficient (Wildman–Crippen LogP) is 2.64. The van der Waals surface area contributed by atoms with Crippen molar-refractivity contribution in [2.24, 2.45) is 0 Å². The van der Waals surface area contributed by atoms with E-state index in [4.69, 9.17) is 0 Å². The van der Waals surface area contributed by atoms with Crippen molar-refractivity contribution < 1.29 is 4.79 Å². The lowest BCUT2D eigenvalue weighted by Gasteiger charge is -2.14. The molecule has 1 amide bonds. The van der Waals surface area contributed by atoms with E-state index in [9.17, 15) is 9.59 Å². The highest BCUT2D eigenvalue weighted by atomic mass is 32.2. The average Bonchev–Trinajstić information content (AvgIpc) is 2.92. The lowest BCUT2D eigenvalue weighted by molar-refractivity contribution is -0.116. The van der Waals surface area contributed by atoms with Crippen molar-refractivity contribution >= 4 is 35.1 Å². The molecule has 1 aliphatic rings. The van der Waals surface area contributed by atoms with Crippen molar-refractivity contribution in [2.75, 3.05) is 17.3 Å². The van der Waals surface area contributed by atoms with Gasteiger partial charge < -0.3 is 5.32 Å². The van der Waals surface area contributed by atoms with Crippen molar-refractivity contribution in [2.45, 2.75) is 22.5 Å². The Bertz CT molecular complexity index is 760. The maximum Gasteiger partial charge on any atom is 0.254 e. The number of nitrogens with zero attached hydrogens (tertiary/aromatic N) is 2. The summed E-state index contributed by atoms with van der Waals surface area (Å²) in [7, 11) is 0. The van der Waals surface area contributed by atoms with Crippen LogP contribution in [0.3, 0.4) is 0 Å². The zero-order valence-electron chi connectivity index (χ0n) is 12.0. The Balaban J connectivity index is 1.73. The van der Waals surface area contributed by atoms with Gasteiger partial charge in [0.05, 0.1) is 11.7 Å². The molecular formula is C15H15N3O2S2. The third-order valence-corrected chi connectivity index (χ3v) is 5.33.